The van der Waals surface area contributed by atoms with Gasteiger partial charge in [-0.1, -0.05) is 24.4 Å². The van der Waals surface area contributed by atoms with Crippen molar-refractivity contribution in [1.82, 2.24) is 15.3 Å². The molecule has 1 aromatic heterocycles. The minimum Gasteiger partial charge on any atom is -0.493 e. The molecule has 0 unspecified atom stereocenters. The predicted octanol–water partition coefficient (Wildman–Crippen LogP) is 5.25. The van der Waals surface area contributed by atoms with Crippen LogP contribution in [0.2, 0.25) is 5.02 Å². The van der Waals surface area contributed by atoms with E-state index in [0.717, 1.165) is 31.1 Å². The normalized spacial score (nSPS) is 10.8. The number of methoxy groups -OCH3 is 1. The van der Waals surface area contributed by atoms with E-state index in [1.165, 1.54) is 18.5 Å². The van der Waals surface area contributed by atoms with E-state index in [-0.39, 0.29) is 10.9 Å². The van der Waals surface area contributed by atoms with E-state index < -0.39 is 5.82 Å². The fourth-order valence-electron chi connectivity index (χ4n) is 3.19. The van der Waals surface area contributed by atoms with Gasteiger partial charge in [0, 0.05) is 30.6 Å². The Morgan fingerprint density at radius 3 is 2.66 bits per heavy atom. The molecule has 7 nitrogen and oxygen atoms in total. The average molecular weight is 461 g/mol. The summed E-state index contributed by atoms with van der Waals surface area (Å²) in [5.74, 6) is 1.28. The van der Waals surface area contributed by atoms with Gasteiger partial charge in [-0.25, -0.2) is 14.4 Å². The maximum Gasteiger partial charge on any atom is 0.219 e. The molecule has 3 aromatic rings. The first-order valence-corrected chi connectivity index (χ1v) is 10.8. The van der Waals surface area contributed by atoms with E-state index in [0.29, 0.717) is 41.5 Å². The Hall–Kier alpha value is -3.13. The molecule has 0 spiro atoms. The molecule has 2 N–H and O–H groups in total. The summed E-state index contributed by atoms with van der Waals surface area (Å²) in [5.41, 5.74) is 1.28. The molecule has 2 aromatic carbocycles. The second kappa shape index (κ2) is 11.5. The van der Waals surface area contributed by atoms with Crippen LogP contribution in [0.3, 0.4) is 0 Å². The van der Waals surface area contributed by atoms with Crippen LogP contribution in [0.25, 0.3) is 10.9 Å². The Kier molecular flexibility index (Phi) is 8.44. The highest BCUT2D eigenvalue weighted by Crippen LogP contribution is 2.35. The number of unbranched alkanes of at least 4 members (excludes halogenated alkanes) is 3. The average Bonchev–Trinajstić information content (AvgIpc) is 2.80. The molecule has 3 rings (SSSR count). The number of hydrogen-bond acceptors (Lipinski definition) is 6. The summed E-state index contributed by atoms with van der Waals surface area (Å²) in [6, 6.07) is 7.99. The summed E-state index contributed by atoms with van der Waals surface area (Å²) >= 11 is 5.88. The summed E-state index contributed by atoms with van der Waals surface area (Å²) < 4.78 is 24.9. The van der Waals surface area contributed by atoms with Gasteiger partial charge in [-0.2, -0.15) is 0 Å². The van der Waals surface area contributed by atoms with Gasteiger partial charge in [0.1, 0.15) is 18.0 Å². The first-order valence-electron chi connectivity index (χ1n) is 10.4. The second-order valence-electron chi connectivity index (χ2n) is 7.18. The SMILES string of the molecule is CNC(=O)CCCCCCOc1cc2c(Nc3ccc(F)c(Cl)c3)ncnc2cc1OC. The Bertz CT molecular complexity index is 1080. The van der Waals surface area contributed by atoms with Crippen LogP contribution in [0.5, 0.6) is 11.5 Å². The molecule has 0 aliphatic rings. The van der Waals surface area contributed by atoms with E-state index >= 15 is 0 Å². The van der Waals surface area contributed by atoms with Crippen LogP contribution >= 0.6 is 11.6 Å². The highest BCUT2D eigenvalue weighted by atomic mass is 35.5. The predicted molar refractivity (Wildman–Crippen MR) is 123 cm³/mol. The summed E-state index contributed by atoms with van der Waals surface area (Å²) in [7, 11) is 3.22. The highest BCUT2D eigenvalue weighted by molar-refractivity contribution is 6.31. The molecule has 32 heavy (non-hydrogen) atoms. The van der Waals surface area contributed by atoms with E-state index in [1.54, 1.807) is 26.3 Å². The number of carbonyl (C=O) groups is 1. The van der Waals surface area contributed by atoms with Crippen LogP contribution in [0.15, 0.2) is 36.7 Å². The molecule has 1 amide bonds. The fourth-order valence-corrected chi connectivity index (χ4v) is 3.38. The second-order valence-corrected chi connectivity index (χ2v) is 7.59. The number of benzene rings is 2. The lowest BCUT2D eigenvalue weighted by molar-refractivity contribution is -0.120. The van der Waals surface area contributed by atoms with Crippen molar-refractivity contribution >= 4 is 39.9 Å². The van der Waals surface area contributed by atoms with Crippen LogP contribution in [-0.2, 0) is 4.79 Å². The molecule has 0 radical (unpaired) electrons. The van der Waals surface area contributed by atoms with E-state index in [1.807, 2.05) is 6.07 Å². The first kappa shape index (κ1) is 23.5. The third kappa shape index (κ3) is 6.20. The van der Waals surface area contributed by atoms with Gasteiger partial charge in [0.25, 0.3) is 0 Å². The molecule has 0 atom stereocenters. The van der Waals surface area contributed by atoms with Crippen molar-refractivity contribution in [2.75, 3.05) is 26.1 Å². The van der Waals surface area contributed by atoms with Gasteiger partial charge < -0.3 is 20.1 Å². The van der Waals surface area contributed by atoms with Crippen molar-refractivity contribution in [3.05, 3.63) is 47.5 Å². The Balaban J connectivity index is 1.69. The highest BCUT2D eigenvalue weighted by Gasteiger charge is 2.12. The number of nitrogens with zero attached hydrogens (tertiary/aromatic N) is 2. The van der Waals surface area contributed by atoms with Crippen LogP contribution < -0.4 is 20.1 Å². The maximum absolute atomic E-state index is 13.5. The third-order valence-electron chi connectivity index (χ3n) is 4.94. The van der Waals surface area contributed by atoms with Crippen molar-refractivity contribution in [3.63, 3.8) is 0 Å². The zero-order valence-corrected chi connectivity index (χ0v) is 18.8. The fraction of sp³-hybridized carbons (Fsp3) is 0.348. The number of halogens is 2. The van der Waals surface area contributed by atoms with E-state index in [9.17, 15) is 9.18 Å². The van der Waals surface area contributed by atoms with Crippen LogP contribution in [0.1, 0.15) is 32.1 Å². The topological polar surface area (TPSA) is 85.4 Å². The summed E-state index contributed by atoms with van der Waals surface area (Å²) in [5, 5.41) is 6.53. The number of nitrogens with one attached hydrogen (secondary N) is 2. The number of fused-ring (bicyclic) bond motifs is 1. The molecular weight excluding hydrogens is 435 g/mol. The largest absolute Gasteiger partial charge is 0.493 e. The molecule has 9 heteroatoms. The molecule has 170 valence electrons. The number of amides is 1. The Morgan fingerprint density at radius 2 is 1.91 bits per heavy atom. The smallest absolute Gasteiger partial charge is 0.219 e. The number of ether oxygens (including phenoxy) is 2. The first-order chi connectivity index (χ1) is 15.5. The van der Waals surface area contributed by atoms with Crippen LogP contribution in [0, 0.1) is 5.82 Å². The zero-order valence-electron chi connectivity index (χ0n) is 18.1. The number of carbonyl (C=O) groups excluding carboxylic acids is 1. The van der Waals surface area contributed by atoms with Gasteiger partial charge in [-0.3, -0.25) is 4.79 Å². The van der Waals surface area contributed by atoms with Crippen molar-refractivity contribution in [2.45, 2.75) is 32.1 Å². The minimum atomic E-state index is -0.487. The summed E-state index contributed by atoms with van der Waals surface area (Å²) in [4.78, 5) is 19.9. The summed E-state index contributed by atoms with van der Waals surface area (Å²) in [6.07, 6.45) is 5.64. The lowest BCUT2D eigenvalue weighted by Crippen LogP contribution is -2.16. The van der Waals surface area contributed by atoms with Gasteiger partial charge in [-0.05, 0) is 37.1 Å². The molecule has 0 saturated carbocycles. The van der Waals surface area contributed by atoms with Gasteiger partial charge in [0.2, 0.25) is 5.91 Å². The molecule has 0 fully saturated rings. The maximum atomic E-state index is 13.5. The number of anilines is 2. The van der Waals surface area contributed by atoms with Crippen molar-refractivity contribution in [3.8, 4) is 11.5 Å². The van der Waals surface area contributed by atoms with Gasteiger partial charge in [0.05, 0.1) is 24.3 Å². The number of rotatable bonds is 11. The van der Waals surface area contributed by atoms with Crippen molar-refractivity contribution in [1.29, 1.82) is 0 Å². The van der Waals surface area contributed by atoms with Gasteiger partial charge in [-0.15, -0.1) is 0 Å². The standard InChI is InChI=1S/C23H26ClFN4O3/c1-26-22(30)7-5-3-4-6-10-32-21-12-16-19(13-20(21)31-2)27-14-28-23(16)29-15-8-9-18(25)17(24)11-15/h8-9,11-14H,3-7,10H2,1-2H3,(H,26,30)(H,27,28,29). The Morgan fingerprint density at radius 1 is 1.09 bits per heavy atom. The summed E-state index contributed by atoms with van der Waals surface area (Å²) in [6.45, 7) is 0.520. The number of aromatic nitrogens is 2. The van der Waals surface area contributed by atoms with Crippen molar-refractivity contribution < 1.29 is 18.7 Å². The third-order valence-corrected chi connectivity index (χ3v) is 5.23. The van der Waals surface area contributed by atoms with Crippen LogP contribution in [0.4, 0.5) is 15.9 Å². The van der Waals surface area contributed by atoms with Crippen LogP contribution in [-0.4, -0.2) is 36.6 Å². The Labute approximate surface area is 191 Å². The van der Waals surface area contributed by atoms with Gasteiger partial charge >= 0.3 is 0 Å². The zero-order chi connectivity index (χ0) is 22.9. The number of hydrogen-bond donors (Lipinski definition) is 2. The molecular formula is C23H26ClFN4O3. The van der Waals surface area contributed by atoms with E-state index in [2.05, 4.69) is 20.6 Å². The molecule has 0 aliphatic heterocycles. The quantitative estimate of drug-likeness (QED) is 0.380. The monoisotopic (exact) mass is 460 g/mol. The van der Waals surface area contributed by atoms with Gasteiger partial charge in [0.15, 0.2) is 11.5 Å². The molecule has 0 bridgehead atoms. The minimum absolute atomic E-state index is 0.0226. The van der Waals surface area contributed by atoms with Crippen molar-refractivity contribution in [2.24, 2.45) is 0 Å². The van der Waals surface area contributed by atoms with E-state index in [4.69, 9.17) is 21.1 Å². The molecule has 0 aliphatic carbocycles. The molecule has 0 saturated heterocycles. The lowest BCUT2D eigenvalue weighted by atomic mass is 10.1. The molecule has 1 heterocycles. The lowest BCUT2D eigenvalue weighted by Gasteiger charge is -2.14.